The first-order chi connectivity index (χ1) is 10.8. The molecule has 0 heterocycles. The van der Waals surface area contributed by atoms with Gasteiger partial charge in [-0.2, -0.15) is 0 Å². The van der Waals surface area contributed by atoms with Crippen LogP contribution in [0.3, 0.4) is 0 Å². The van der Waals surface area contributed by atoms with E-state index < -0.39 is 0 Å². The maximum absolute atomic E-state index is 3.90. The Morgan fingerprint density at radius 1 is 0.500 bits per heavy atom. The summed E-state index contributed by atoms with van der Waals surface area (Å²) in [6, 6.07) is 0. The van der Waals surface area contributed by atoms with Crippen LogP contribution >= 0.6 is 0 Å². The highest BCUT2D eigenvalue weighted by atomic mass is 14.1. The van der Waals surface area contributed by atoms with E-state index in [-0.39, 0.29) is 0 Å². The van der Waals surface area contributed by atoms with Crippen molar-refractivity contribution < 1.29 is 0 Å². The van der Waals surface area contributed by atoms with E-state index in [0.717, 1.165) is 12.3 Å². The molecule has 1 radical (unpaired) electrons. The van der Waals surface area contributed by atoms with Crippen molar-refractivity contribution in [2.45, 2.75) is 129 Å². The van der Waals surface area contributed by atoms with Crippen molar-refractivity contribution in [3.05, 3.63) is 6.92 Å². The van der Waals surface area contributed by atoms with Gasteiger partial charge in [0.05, 0.1) is 0 Å². The summed E-state index contributed by atoms with van der Waals surface area (Å²) in [6.07, 6.45) is 25.7. The van der Waals surface area contributed by atoms with E-state index in [1.165, 1.54) is 109 Å². The molecule has 0 fully saturated rings. The standard InChI is InChI=1S/C22H45/c1-4-7-8-9-10-11-12-13-14-15-16-17-18-19-20-21-22(5-2)6-3/h22H,1,4-21H2,2-3H3. The van der Waals surface area contributed by atoms with Crippen molar-refractivity contribution in [2.75, 3.05) is 0 Å². The Kier molecular flexibility index (Phi) is 19.0. The number of hydrogen-bond donors (Lipinski definition) is 0. The van der Waals surface area contributed by atoms with E-state index >= 15 is 0 Å². The van der Waals surface area contributed by atoms with Crippen LogP contribution in [0.2, 0.25) is 0 Å². The molecule has 0 heteroatoms. The molecule has 0 aromatic heterocycles. The SMILES string of the molecule is [CH2]CCCCCCCCCCCCCCCCC(CC)CC. The van der Waals surface area contributed by atoms with Crippen LogP contribution in [0.15, 0.2) is 0 Å². The summed E-state index contributed by atoms with van der Waals surface area (Å²) in [6.45, 7) is 8.59. The van der Waals surface area contributed by atoms with Crippen LogP contribution in [0.25, 0.3) is 0 Å². The summed E-state index contributed by atoms with van der Waals surface area (Å²) in [5.74, 6) is 0.999. The zero-order valence-corrected chi connectivity index (χ0v) is 16.0. The number of unbranched alkanes of at least 4 members (excludes halogenated alkanes) is 14. The van der Waals surface area contributed by atoms with Crippen molar-refractivity contribution in [2.24, 2.45) is 5.92 Å². The van der Waals surface area contributed by atoms with Gasteiger partial charge in [0.1, 0.15) is 0 Å². The molecule has 0 aromatic rings. The van der Waals surface area contributed by atoms with Gasteiger partial charge in [0.25, 0.3) is 0 Å². The third-order valence-corrected chi connectivity index (χ3v) is 5.27. The van der Waals surface area contributed by atoms with Crippen LogP contribution in [0.4, 0.5) is 0 Å². The molecule has 22 heavy (non-hydrogen) atoms. The maximum Gasteiger partial charge on any atom is -0.0420 e. The second-order valence-corrected chi connectivity index (χ2v) is 7.27. The Bertz CT molecular complexity index is 180. The Morgan fingerprint density at radius 2 is 0.818 bits per heavy atom. The van der Waals surface area contributed by atoms with E-state index in [2.05, 4.69) is 20.8 Å². The van der Waals surface area contributed by atoms with Crippen molar-refractivity contribution >= 4 is 0 Å². The van der Waals surface area contributed by atoms with E-state index in [1.807, 2.05) is 0 Å². The van der Waals surface area contributed by atoms with Crippen LogP contribution in [-0.4, -0.2) is 0 Å². The predicted octanol–water partition coefficient (Wildman–Crippen LogP) is 8.50. The van der Waals surface area contributed by atoms with Crippen LogP contribution < -0.4 is 0 Å². The van der Waals surface area contributed by atoms with Gasteiger partial charge in [0.2, 0.25) is 0 Å². The zero-order chi connectivity index (χ0) is 16.3. The quantitative estimate of drug-likeness (QED) is 0.223. The van der Waals surface area contributed by atoms with Crippen molar-refractivity contribution in [3.8, 4) is 0 Å². The predicted molar refractivity (Wildman–Crippen MR) is 103 cm³/mol. The summed E-state index contributed by atoms with van der Waals surface area (Å²) in [7, 11) is 0. The molecule has 0 bridgehead atoms. The van der Waals surface area contributed by atoms with E-state index in [0.29, 0.717) is 0 Å². The molecule has 0 unspecified atom stereocenters. The molecule has 0 atom stereocenters. The van der Waals surface area contributed by atoms with Gasteiger partial charge < -0.3 is 0 Å². The highest BCUT2D eigenvalue weighted by Crippen LogP contribution is 2.18. The molecule has 0 rings (SSSR count). The molecule has 0 aliphatic heterocycles. The van der Waals surface area contributed by atoms with Gasteiger partial charge in [0, 0.05) is 0 Å². The lowest BCUT2D eigenvalue weighted by Gasteiger charge is -2.11. The van der Waals surface area contributed by atoms with Gasteiger partial charge in [0.15, 0.2) is 0 Å². The van der Waals surface area contributed by atoms with Gasteiger partial charge in [-0.25, -0.2) is 0 Å². The molecule has 0 amide bonds. The van der Waals surface area contributed by atoms with Gasteiger partial charge >= 0.3 is 0 Å². The molecule has 0 saturated heterocycles. The molecule has 0 nitrogen and oxygen atoms in total. The molecule has 0 aliphatic carbocycles. The summed E-state index contributed by atoms with van der Waals surface area (Å²) in [5.41, 5.74) is 0. The molecule has 0 saturated carbocycles. The number of rotatable bonds is 18. The van der Waals surface area contributed by atoms with Gasteiger partial charge in [-0.05, 0) is 5.92 Å². The zero-order valence-electron chi connectivity index (χ0n) is 16.0. The van der Waals surface area contributed by atoms with Crippen molar-refractivity contribution in [3.63, 3.8) is 0 Å². The maximum atomic E-state index is 3.90. The highest BCUT2D eigenvalue weighted by molar-refractivity contribution is 4.55. The second-order valence-electron chi connectivity index (χ2n) is 7.27. The van der Waals surface area contributed by atoms with Crippen LogP contribution in [0, 0.1) is 12.8 Å². The summed E-state index contributed by atoms with van der Waals surface area (Å²) >= 11 is 0. The molecule has 133 valence electrons. The first kappa shape index (κ1) is 22.0. The monoisotopic (exact) mass is 309 g/mol. The molecule has 0 aromatic carbocycles. The third-order valence-electron chi connectivity index (χ3n) is 5.27. The van der Waals surface area contributed by atoms with E-state index in [9.17, 15) is 0 Å². The molecule has 0 N–H and O–H groups in total. The van der Waals surface area contributed by atoms with Crippen LogP contribution in [0.5, 0.6) is 0 Å². The molecule has 0 aliphatic rings. The third kappa shape index (κ3) is 16.4. The normalized spacial score (nSPS) is 11.5. The Morgan fingerprint density at radius 3 is 1.14 bits per heavy atom. The number of hydrogen-bond acceptors (Lipinski definition) is 0. The molecular weight excluding hydrogens is 264 g/mol. The van der Waals surface area contributed by atoms with Crippen molar-refractivity contribution in [1.29, 1.82) is 0 Å². The van der Waals surface area contributed by atoms with E-state index in [1.54, 1.807) is 0 Å². The lowest BCUT2D eigenvalue weighted by molar-refractivity contribution is 0.426. The lowest BCUT2D eigenvalue weighted by Crippen LogP contribution is -1.96. The van der Waals surface area contributed by atoms with Crippen molar-refractivity contribution in [1.82, 2.24) is 0 Å². The van der Waals surface area contributed by atoms with Gasteiger partial charge in [-0.15, -0.1) is 0 Å². The van der Waals surface area contributed by atoms with Gasteiger partial charge in [-0.1, -0.05) is 136 Å². The Hall–Kier alpha value is 0. The minimum absolute atomic E-state index is 0.999. The minimum atomic E-state index is 0.999. The van der Waals surface area contributed by atoms with Crippen LogP contribution in [-0.2, 0) is 0 Å². The summed E-state index contributed by atoms with van der Waals surface area (Å²) < 4.78 is 0. The first-order valence-electron chi connectivity index (χ1n) is 10.6. The topological polar surface area (TPSA) is 0 Å². The Balaban J connectivity index is 3.02. The summed E-state index contributed by atoms with van der Waals surface area (Å²) in [4.78, 5) is 0. The Labute approximate surface area is 142 Å². The minimum Gasteiger partial charge on any atom is -0.0651 e. The largest absolute Gasteiger partial charge is 0.0651 e. The fourth-order valence-corrected chi connectivity index (χ4v) is 3.43. The highest BCUT2D eigenvalue weighted by Gasteiger charge is 2.02. The smallest absolute Gasteiger partial charge is 0.0420 e. The van der Waals surface area contributed by atoms with Gasteiger partial charge in [-0.3, -0.25) is 0 Å². The lowest BCUT2D eigenvalue weighted by atomic mass is 9.95. The fraction of sp³-hybridized carbons (Fsp3) is 0.955. The molecule has 0 spiro atoms. The fourth-order valence-electron chi connectivity index (χ4n) is 3.43. The average Bonchev–Trinajstić information content (AvgIpc) is 2.55. The summed E-state index contributed by atoms with van der Waals surface area (Å²) in [5, 5.41) is 0. The average molecular weight is 310 g/mol. The van der Waals surface area contributed by atoms with Crippen LogP contribution in [0.1, 0.15) is 129 Å². The van der Waals surface area contributed by atoms with E-state index in [4.69, 9.17) is 0 Å². The first-order valence-corrected chi connectivity index (χ1v) is 10.6. The molecular formula is C22H45. The second kappa shape index (κ2) is 19.0.